The van der Waals surface area contributed by atoms with Crippen molar-refractivity contribution in [1.82, 2.24) is 47.4 Å². The second-order valence-corrected chi connectivity index (χ2v) is 26.9. The van der Waals surface area contributed by atoms with Crippen LogP contribution in [0.3, 0.4) is 0 Å². The van der Waals surface area contributed by atoms with Crippen molar-refractivity contribution in [2.24, 2.45) is 29.6 Å². The summed E-state index contributed by atoms with van der Waals surface area (Å²) >= 11 is 0. The number of nitrogens with one attached hydrogen (secondary N) is 8. The summed E-state index contributed by atoms with van der Waals surface area (Å²) in [6.07, 6.45) is 17.7. The van der Waals surface area contributed by atoms with Gasteiger partial charge in [0.25, 0.3) is 0 Å². The number of carbonyl (C=O) groups excluding carboxylic acids is 9. The van der Waals surface area contributed by atoms with Gasteiger partial charge in [0.1, 0.15) is 48.3 Å². The maximum absolute atomic E-state index is 15.6. The van der Waals surface area contributed by atoms with E-state index >= 15 is 4.79 Å². The first-order valence-electron chi connectivity index (χ1n) is 34.2. The predicted octanol–water partition coefficient (Wildman–Crippen LogP) is 8.51. The SMILES string of the molecule is CCCCCCCCCCCCNC(=O)C1CC(=O)N[C@@H](CCC(=O)O)C(=O)NC(CC(C)C)C(=O)N[C@H](CC(C)C)C(=O)N[C@@H](C(C)C)C(=O)NC(CCC(=O)O)C(=O)N[C@H](CC(C)C)C(=O)NC(CC(C)C)C(=O)N1CCCCCCCCCCCC. The summed E-state index contributed by atoms with van der Waals surface area (Å²) in [6.45, 7) is 22.4. The highest BCUT2D eigenvalue weighted by Crippen LogP contribution is 2.20. The van der Waals surface area contributed by atoms with Gasteiger partial charge in [0, 0.05) is 25.9 Å². The standard InChI is InChI=1S/C67H121N9O13/c1-13-15-17-19-21-23-25-27-29-31-37-68-65(87)55-43-56(77)69-49(33-35-57(78)79)60(82)71-51(39-44(3)4)62(84)73-53(41-46(7)8)64(86)75-59(48(11)12)66(88)70-50(34-36-58(80)81)61(83)72-52(40-45(5)6)63(85)74-54(42-47(9)10)67(89)76(55)38-32-30-28-26-24-22-20-18-16-14-2/h44-55,59H,13-43H2,1-12H3,(H,68,87)(H,69,77)(H,70,88)(H,71,82)(H,72,83)(H,73,84)(H,74,85)(H,75,86)(H,78,79)(H,80,81)/t49-,50?,51?,52+,53+,54?,55?,59-/m0/s1. The maximum Gasteiger partial charge on any atom is 0.303 e. The number of amides is 9. The average Bonchev–Trinajstić information content (AvgIpc) is 2.96. The Labute approximate surface area is 533 Å². The monoisotopic (exact) mass is 1260 g/mol. The second kappa shape index (κ2) is 46.3. The van der Waals surface area contributed by atoms with Crippen LogP contribution in [0.4, 0.5) is 0 Å². The molecule has 89 heavy (non-hydrogen) atoms. The van der Waals surface area contributed by atoms with Gasteiger partial charge in [-0.25, -0.2) is 0 Å². The van der Waals surface area contributed by atoms with Gasteiger partial charge in [-0.1, -0.05) is 199 Å². The molecule has 22 heteroatoms. The highest BCUT2D eigenvalue weighted by atomic mass is 16.4. The molecule has 1 aliphatic heterocycles. The van der Waals surface area contributed by atoms with Gasteiger partial charge in [0.05, 0.1) is 6.42 Å². The molecular weight excluding hydrogens is 1140 g/mol. The number of carbonyl (C=O) groups is 11. The van der Waals surface area contributed by atoms with Crippen LogP contribution < -0.4 is 42.5 Å². The Hall–Kier alpha value is -5.83. The lowest BCUT2D eigenvalue weighted by Crippen LogP contribution is -2.61. The Morgan fingerprint density at radius 1 is 0.427 bits per heavy atom. The van der Waals surface area contributed by atoms with Crippen molar-refractivity contribution in [3.8, 4) is 0 Å². The van der Waals surface area contributed by atoms with Crippen LogP contribution in [0, 0.1) is 29.6 Å². The van der Waals surface area contributed by atoms with Crippen LogP contribution in [0.25, 0.3) is 0 Å². The predicted molar refractivity (Wildman–Crippen MR) is 347 cm³/mol. The number of rotatable bonds is 38. The molecule has 0 aromatic carbocycles. The van der Waals surface area contributed by atoms with Crippen molar-refractivity contribution >= 4 is 65.1 Å². The zero-order chi connectivity index (χ0) is 67.0. The van der Waals surface area contributed by atoms with Crippen LogP contribution in [0.5, 0.6) is 0 Å². The normalized spacial score (nSPS) is 21.8. The number of unbranched alkanes of at least 4 members (excludes halogenated alkanes) is 18. The van der Waals surface area contributed by atoms with Crippen molar-refractivity contribution in [2.45, 2.75) is 318 Å². The Morgan fingerprint density at radius 2 is 0.753 bits per heavy atom. The lowest BCUT2D eigenvalue weighted by atomic mass is 9.97. The van der Waals surface area contributed by atoms with Gasteiger partial charge in [0.15, 0.2) is 0 Å². The molecule has 512 valence electrons. The van der Waals surface area contributed by atoms with Crippen molar-refractivity contribution in [2.75, 3.05) is 13.1 Å². The Balaban J connectivity index is 4.28. The summed E-state index contributed by atoms with van der Waals surface area (Å²) in [5, 5.41) is 41.7. The van der Waals surface area contributed by atoms with Crippen LogP contribution in [0.1, 0.15) is 269 Å². The minimum absolute atomic E-state index is 0.0119. The summed E-state index contributed by atoms with van der Waals surface area (Å²) in [4.78, 5) is 158. The zero-order valence-corrected chi connectivity index (χ0v) is 56.8. The molecule has 0 aromatic heterocycles. The van der Waals surface area contributed by atoms with Crippen molar-refractivity contribution in [1.29, 1.82) is 0 Å². The molecule has 22 nitrogen and oxygen atoms in total. The summed E-state index contributed by atoms with van der Waals surface area (Å²) in [7, 11) is 0. The number of hydrogen-bond acceptors (Lipinski definition) is 11. The molecule has 1 rings (SSSR count). The third kappa shape index (κ3) is 36.0. The van der Waals surface area contributed by atoms with E-state index in [1.165, 1.54) is 43.4 Å². The zero-order valence-electron chi connectivity index (χ0n) is 56.8. The number of hydrogen-bond donors (Lipinski definition) is 10. The van der Waals surface area contributed by atoms with E-state index in [0.717, 1.165) is 70.6 Å². The summed E-state index contributed by atoms with van der Waals surface area (Å²) in [5.74, 6) is -11.3. The van der Waals surface area contributed by atoms with Crippen molar-refractivity contribution in [3.63, 3.8) is 0 Å². The molecule has 0 bridgehead atoms. The van der Waals surface area contributed by atoms with Gasteiger partial charge in [-0.05, 0) is 81.0 Å². The van der Waals surface area contributed by atoms with E-state index in [0.29, 0.717) is 19.3 Å². The molecule has 1 fully saturated rings. The number of aliphatic carboxylic acids is 2. The molecule has 4 unspecified atom stereocenters. The van der Waals surface area contributed by atoms with E-state index in [-0.39, 0.29) is 62.4 Å². The minimum Gasteiger partial charge on any atom is -0.481 e. The first kappa shape index (κ1) is 81.2. The fourth-order valence-electron chi connectivity index (χ4n) is 11.1. The number of nitrogens with zero attached hydrogens (tertiary/aromatic N) is 1. The lowest BCUT2D eigenvalue weighted by Gasteiger charge is -2.35. The van der Waals surface area contributed by atoms with E-state index in [1.54, 1.807) is 27.7 Å². The molecule has 0 spiro atoms. The Morgan fingerprint density at radius 3 is 1.13 bits per heavy atom. The smallest absolute Gasteiger partial charge is 0.303 e. The van der Waals surface area contributed by atoms with Crippen LogP contribution in [-0.2, 0) is 52.7 Å². The Kier molecular flexibility index (Phi) is 42.2. The highest BCUT2D eigenvalue weighted by Gasteiger charge is 2.40. The van der Waals surface area contributed by atoms with Gasteiger partial charge in [-0.2, -0.15) is 0 Å². The van der Waals surface area contributed by atoms with Crippen molar-refractivity contribution in [3.05, 3.63) is 0 Å². The van der Waals surface area contributed by atoms with E-state index < -0.39 is 151 Å². The van der Waals surface area contributed by atoms with Crippen LogP contribution in [0.2, 0.25) is 0 Å². The molecule has 10 N–H and O–H groups in total. The maximum atomic E-state index is 15.6. The fraction of sp³-hybridized carbons (Fsp3) is 0.836. The fourth-order valence-corrected chi connectivity index (χ4v) is 11.1. The van der Waals surface area contributed by atoms with Crippen LogP contribution >= 0.6 is 0 Å². The second-order valence-electron chi connectivity index (χ2n) is 26.9. The third-order valence-electron chi connectivity index (χ3n) is 16.1. The summed E-state index contributed by atoms with van der Waals surface area (Å²) < 4.78 is 0. The molecule has 0 aromatic rings. The number of carboxylic acids is 2. The molecule has 0 aliphatic carbocycles. The summed E-state index contributed by atoms with van der Waals surface area (Å²) in [5.41, 5.74) is 0. The quantitative estimate of drug-likeness (QED) is 0.0260. The van der Waals surface area contributed by atoms with Crippen LogP contribution in [0.15, 0.2) is 0 Å². The molecule has 9 amide bonds. The van der Waals surface area contributed by atoms with E-state index in [2.05, 4.69) is 56.4 Å². The van der Waals surface area contributed by atoms with Crippen molar-refractivity contribution < 1.29 is 63.0 Å². The lowest BCUT2D eigenvalue weighted by molar-refractivity contribution is -0.146. The third-order valence-corrected chi connectivity index (χ3v) is 16.1. The Bertz CT molecular complexity index is 2160. The molecular formula is C67H121N9O13. The molecule has 1 heterocycles. The first-order valence-corrected chi connectivity index (χ1v) is 34.2. The van der Waals surface area contributed by atoms with Gasteiger partial charge < -0.3 is 57.6 Å². The average molecular weight is 1260 g/mol. The highest BCUT2D eigenvalue weighted by molar-refractivity contribution is 5.99. The van der Waals surface area contributed by atoms with E-state index in [4.69, 9.17) is 0 Å². The summed E-state index contributed by atoms with van der Waals surface area (Å²) in [6, 6.07) is -11.2. The van der Waals surface area contributed by atoms with E-state index in [1.807, 2.05) is 41.5 Å². The number of carboxylic acid groups (broad SMARTS) is 2. The molecule has 8 atom stereocenters. The molecule has 0 radical (unpaired) electrons. The van der Waals surface area contributed by atoms with Gasteiger partial charge >= 0.3 is 11.9 Å². The molecule has 1 saturated heterocycles. The largest absolute Gasteiger partial charge is 0.481 e. The van der Waals surface area contributed by atoms with Gasteiger partial charge in [0.2, 0.25) is 53.2 Å². The van der Waals surface area contributed by atoms with Crippen LogP contribution in [-0.4, -0.2) is 142 Å². The van der Waals surface area contributed by atoms with Gasteiger partial charge in [-0.15, -0.1) is 0 Å². The molecule has 1 aliphatic rings. The molecule has 0 saturated carbocycles. The topological polar surface area (TPSA) is 328 Å². The first-order chi connectivity index (χ1) is 42.1. The van der Waals surface area contributed by atoms with E-state index in [9.17, 15) is 58.2 Å². The van der Waals surface area contributed by atoms with Gasteiger partial charge in [-0.3, -0.25) is 52.7 Å². The minimum atomic E-state index is -1.56.